The third-order valence-corrected chi connectivity index (χ3v) is 14.5. The zero-order valence-electron chi connectivity index (χ0n) is 36.2. The molecule has 4 unspecified atom stereocenters. The topological polar surface area (TPSA) is 104 Å². The van der Waals surface area contributed by atoms with Crippen molar-refractivity contribution in [3.8, 4) is 5.75 Å². The van der Waals surface area contributed by atoms with E-state index in [1.54, 1.807) is 19.1 Å². The van der Waals surface area contributed by atoms with Crippen LogP contribution in [0.2, 0.25) is 0 Å². The lowest BCUT2D eigenvalue weighted by Crippen LogP contribution is -2.44. The van der Waals surface area contributed by atoms with Gasteiger partial charge in [-0.3, -0.25) is 4.79 Å². The lowest BCUT2D eigenvalue weighted by Gasteiger charge is -2.29. The van der Waals surface area contributed by atoms with Gasteiger partial charge in [-0.05, 0) is 127 Å². The van der Waals surface area contributed by atoms with E-state index in [1.165, 1.54) is 56.0 Å². The molecule has 4 atom stereocenters. The van der Waals surface area contributed by atoms with E-state index in [2.05, 4.69) is 160 Å². The van der Waals surface area contributed by atoms with Gasteiger partial charge >= 0.3 is 11.2 Å². The smallest absolute Gasteiger partial charge is 0.369 e. The Morgan fingerprint density at radius 2 is 1.11 bits per heavy atom. The number of ether oxygens (including phenoxy) is 1. The van der Waals surface area contributed by atoms with Crippen LogP contribution >= 0.6 is 0 Å². The first kappa shape index (κ1) is 48.6. The van der Waals surface area contributed by atoms with Gasteiger partial charge in [0, 0.05) is 0 Å². The van der Waals surface area contributed by atoms with Crippen LogP contribution in [-0.2, 0) is 30.5 Å². The van der Waals surface area contributed by atoms with Gasteiger partial charge in [-0.1, -0.05) is 138 Å². The first-order chi connectivity index (χ1) is 28.8. The molecule has 0 aliphatic heterocycles. The molecular weight excluding hydrogens is 811 g/mol. The molecule has 0 amide bonds. The van der Waals surface area contributed by atoms with Gasteiger partial charge in [0.05, 0.1) is 16.3 Å². The lowest BCUT2D eigenvalue weighted by molar-refractivity contribution is -0.170. The Labute approximate surface area is 364 Å². The Morgan fingerprint density at radius 1 is 0.705 bits per heavy atom. The quantitative estimate of drug-likeness (QED) is 0.0835. The molecule has 0 heterocycles. The molecule has 0 fully saturated rings. The summed E-state index contributed by atoms with van der Waals surface area (Å²) in [7, 11) is -5.87. The predicted molar refractivity (Wildman–Crippen MR) is 243 cm³/mol. The van der Waals surface area contributed by atoms with Crippen LogP contribution in [0.25, 0.3) is 10.8 Å². The standard InChI is InChI=1S/C18H15S.C14H14.C10H14O.C9H16F2O5S/c1-4-10-16(11-5-1)19(17-12-6-2-7-13-17)18-14-8-3-9-15-18;1-9-10(2)13-8-4-6-11-5-3-7-12(9)14(11)13;1-3-8(2)9-4-6-10(11)7-5-9;1-5-8(3,4)7(12)16-6(2)9(10,11)17(13,14)15/h1-15H;3-10H,1-2H3;4-8,11H,3H2,1-2H3;6H,5H2,1-4H3,(H,13,14,15)/q+1;;;/p-1. The third kappa shape index (κ3) is 12.5. The summed E-state index contributed by atoms with van der Waals surface area (Å²) in [5, 5.41) is 7.29. The van der Waals surface area contributed by atoms with Crippen molar-refractivity contribution in [3.05, 3.63) is 168 Å². The molecular formula is C51H58F2O6S2. The molecule has 1 aliphatic rings. The fraction of sp³-hybridized carbons (Fsp3) is 0.314. The summed E-state index contributed by atoms with van der Waals surface area (Å²) in [6, 6.07) is 52.9. The van der Waals surface area contributed by atoms with E-state index in [0.29, 0.717) is 36.8 Å². The number of aromatic hydroxyl groups is 1. The van der Waals surface area contributed by atoms with Gasteiger partial charge in [-0.15, -0.1) is 0 Å². The normalized spacial score (nSPS) is 15.5. The number of carbonyl (C=O) groups is 1. The van der Waals surface area contributed by atoms with Crippen LogP contribution in [0.5, 0.6) is 5.75 Å². The summed E-state index contributed by atoms with van der Waals surface area (Å²) >= 11 is 0. The maximum absolute atomic E-state index is 13.0. The van der Waals surface area contributed by atoms with E-state index in [1.807, 2.05) is 12.1 Å². The van der Waals surface area contributed by atoms with Crippen molar-refractivity contribution in [1.82, 2.24) is 0 Å². The minimum Gasteiger partial charge on any atom is -0.743 e. The van der Waals surface area contributed by atoms with Crippen LogP contribution < -0.4 is 0 Å². The monoisotopic (exact) mass is 868 g/mol. The van der Waals surface area contributed by atoms with Gasteiger partial charge in [-0.25, -0.2) is 8.42 Å². The minimum atomic E-state index is -5.86. The molecule has 7 rings (SSSR count). The lowest BCUT2D eigenvalue weighted by atomic mass is 9.91. The zero-order valence-corrected chi connectivity index (χ0v) is 37.9. The Balaban J connectivity index is 0.000000182. The highest BCUT2D eigenvalue weighted by molar-refractivity contribution is 7.97. The van der Waals surface area contributed by atoms with Crippen LogP contribution in [0.4, 0.5) is 8.78 Å². The van der Waals surface area contributed by atoms with Crippen molar-refractivity contribution < 1.29 is 36.4 Å². The summed E-state index contributed by atoms with van der Waals surface area (Å²) in [5.74, 6) is 1.32. The number of rotatable bonds is 10. The van der Waals surface area contributed by atoms with Crippen LogP contribution in [0.15, 0.2) is 166 Å². The average Bonchev–Trinajstić information content (AvgIpc) is 3.51. The molecule has 0 saturated carbocycles. The Bertz CT molecular complexity index is 2250. The molecule has 61 heavy (non-hydrogen) atoms. The second-order valence-corrected chi connectivity index (χ2v) is 19.3. The van der Waals surface area contributed by atoms with Crippen molar-refractivity contribution in [2.45, 2.75) is 112 Å². The van der Waals surface area contributed by atoms with Crippen molar-refractivity contribution in [1.29, 1.82) is 0 Å². The molecule has 0 bridgehead atoms. The molecule has 6 nitrogen and oxygen atoms in total. The van der Waals surface area contributed by atoms with Crippen molar-refractivity contribution in [2.24, 2.45) is 5.41 Å². The number of hydrogen-bond acceptors (Lipinski definition) is 6. The highest BCUT2D eigenvalue weighted by Crippen LogP contribution is 2.46. The molecule has 1 aliphatic carbocycles. The highest BCUT2D eigenvalue weighted by Gasteiger charge is 2.47. The van der Waals surface area contributed by atoms with Crippen molar-refractivity contribution in [3.63, 3.8) is 0 Å². The summed E-state index contributed by atoms with van der Waals surface area (Å²) in [5.41, 5.74) is 3.35. The number of alkyl halides is 2. The molecule has 6 aromatic carbocycles. The Morgan fingerprint density at radius 3 is 1.48 bits per heavy atom. The van der Waals surface area contributed by atoms with Gasteiger partial charge < -0.3 is 14.4 Å². The zero-order chi connectivity index (χ0) is 45.0. The molecule has 324 valence electrons. The molecule has 0 radical (unpaired) electrons. The first-order valence-corrected chi connectivity index (χ1v) is 23.2. The molecule has 1 N–H and O–H groups in total. The van der Waals surface area contributed by atoms with Gasteiger partial charge in [0.15, 0.2) is 30.9 Å². The fourth-order valence-corrected chi connectivity index (χ4v) is 9.11. The number of benzene rings is 6. The molecule has 0 spiro atoms. The van der Waals surface area contributed by atoms with Crippen molar-refractivity contribution in [2.75, 3.05) is 0 Å². The van der Waals surface area contributed by atoms with E-state index in [-0.39, 0.29) is 10.9 Å². The SMILES string of the molecule is CC1c2cccc3cccc(c23)C1C.CCC(C)(C)C(=O)OC(C)C(F)(F)S(=O)(=O)[O-].CCC(C)c1ccc(O)cc1.c1ccc([S+](c2ccccc2)c2ccccc2)cc1. The summed E-state index contributed by atoms with van der Waals surface area (Å²) in [6.07, 6.45) is -0.845. The molecule has 10 heteroatoms. The van der Waals surface area contributed by atoms with E-state index < -0.39 is 32.9 Å². The fourth-order valence-electron chi connectivity index (χ4n) is 6.55. The van der Waals surface area contributed by atoms with E-state index in [0.717, 1.165) is 6.42 Å². The van der Waals surface area contributed by atoms with Crippen LogP contribution in [-0.4, -0.2) is 35.4 Å². The summed E-state index contributed by atoms with van der Waals surface area (Å²) in [4.78, 5) is 15.5. The minimum absolute atomic E-state index is 0.0146. The average molecular weight is 869 g/mol. The second-order valence-electron chi connectivity index (χ2n) is 15.8. The number of phenols is 1. The van der Waals surface area contributed by atoms with E-state index in [4.69, 9.17) is 5.11 Å². The van der Waals surface area contributed by atoms with E-state index in [9.17, 15) is 26.5 Å². The second kappa shape index (κ2) is 21.7. The van der Waals surface area contributed by atoms with Crippen LogP contribution in [0, 0.1) is 5.41 Å². The molecule has 0 saturated heterocycles. The van der Waals surface area contributed by atoms with Crippen LogP contribution in [0.3, 0.4) is 0 Å². The van der Waals surface area contributed by atoms with E-state index >= 15 is 0 Å². The summed E-state index contributed by atoms with van der Waals surface area (Å²) in [6.45, 7) is 14.3. The Kier molecular flexibility index (Phi) is 17.3. The first-order valence-electron chi connectivity index (χ1n) is 20.6. The van der Waals surface area contributed by atoms with Gasteiger partial charge in [0.25, 0.3) is 0 Å². The largest absolute Gasteiger partial charge is 0.743 e. The molecule has 0 aromatic heterocycles. The number of esters is 1. The van der Waals surface area contributed by atoms with Gasteiger partial charge in [0.1, 0.15) is 5.75 Å². The third-order valence-electron chi connectivity index (χ3n) is 11.2. The number of halogens is 2. The Hall–Kier alpha value is -5.03. The number of hydrogen-bond donors (Lipinski definition) is 1. The van der Waals surface area contributed by atoms with Crippen molar-refractivity contribution >= 4 is 37.8 Å². The maximum atomic E-state index is 13.0. The predicted octanol–water partition coefficient (Wildman–Crippen LogP) is 13.2. The molecule has 6 aromatic rings. The highest BCUT2D eigenvalue weighted by atomic mass is 32.2. The maximum Gasteiger partial charge on any atom is 0.369 e. The van der Waals surface area contributed by atoms with Gasteiger partial charge in [0.2, 0.25) is 0 Å². The number of phenolic OH excluding ortho intramolecular Hbond substituents is 1. The summed E-state index contributed by atoms with van der Waals surface area (Å²) < 4.78 is 61.2. The van der Waals surface area contributed by atoms with Crippen LogP contribution in [0.1, 0.15) is 103 Å². The van der Waals surface area contributed by atoms with Gasteiger partial charge in [-0.2, -0.15) is 8.78 Å². The number of carbonyl (C=O) groups excluding carboxylic acids is 1.